The van der Waals surface area contributed by atoms with Crippen LogP contribution in [0.5, 0.6) is 17.2 Å². The average Bonchev–Trinajstić information content (AvgIpc) is 2.85. The molecule has 1 atom stereocenters. The summed E-state index contributed by atoms with van der Waals surface area (Å²) in [5.41, 5.74) is 1.26. The largest absolute Gasteiger partial charge is 0.493 e. The van der Waals surface area contributed by atoms with Gasteiger partial charge in [0.2, 0.25) is 15.9 Å². The van der Waals surface area contributed by atoms with Gasteiger partial charge in [0.25, 0.3) is 0 Å². The maximum Gasteiger partial charge on any atom is 0.243 e. The minimum atomic E-state index is -4.07. The van der Waals surface area contributed by atoms with E-state index in [1.807, 2.05) is 37.3 Å². The van der Waals surface area contributed by atoms with E-state index in [-0.39, 0.29) is 17.1 Å². The molecule has 0 spiro atoms. The second-order valence-corrected chi connectivity index (χ2v) is 9.01. The number of rotatable bonds is 11. The SMILES string of the molecule is CCOc1ccccc1NC(=O)[C@@H](Cc1ccccc1)NS(=O)(=O)c1ccc(OC)c(OC)c1. The molecule has 0 unspecified atom stereocenters. The van der Waals surface area contributed by atoms with Crippen molar-refractivity contribution in [3.63, 3.8) is 0 Å². The summed E-state index contributed by atoms with van der Waals surface area (Å²) in [6.45, 7) is 2.26. The monoisotopic (exact) mass is 484 g/mol. The smallest absolute Gasteiger partial charge is 0.243 e. The second kappa shape index (κ2) is 11.5. The Hall–Kier alpha value is -3.56. The van der Waals surface area contributed by atoms with E-state index in [0.29, 0.717) is 23.8 Å². The highest BCUT2D eigenvalue weighted by Crippen LogP contribution is 2.29. The third-order valence-corrected chi connectivity index (χ3v) is 6.48. The van der Waals surface area contributed by atoms with Gasteiger partial charge < -0.3 is 19.5 Å². The van der Waals surface area contributed by atoms with Gasteiger partial charge in [-0.05, 0) is 43.2 Å². The molecule has 0 aliphatic rings. The van der Waals surface area contributed by atoms with Crippen LogP contribution in [0, 0.1) is 0 Å². The molecule has 0 heterocycles. The van der Waals surface area contributed by atoms with Crippen LogP contribution < -0.4 is 24.2 Å². The molecule has 9 heteroatoms. The first-order valence-electron chi connectivity index (χ1n) is 10.7. The van der Waals surface area contributed by atoms with Crippen LogP contribution in [0.2, 0.25) is 0 Å². The van der Waals surface area contributed by atoms with Crippen LogP contribution in [-0.2, 0) is 21.2 Å². The van der Waals surface area contributed by atoms with Crippen molar-refractivity contribution in [2.45, 2.75) is 24.3 Å². The number of ether oxygens (including phenoxy) is 3. The fourth-order valence-electron chi connectivity index (χ4n) is 3.35. The molecule has 0 radical (unpaired) electrons. The second-order valence-electron chi connectivity index (χ2n) is 7.30. The van der Waals surface area contributed by atoms with Crippen LogP contribution in [0.25, 0.3) is 0 Å². The first-order chi connectivity index (χ1) is 16.4. The highest BCUT2D eigenvalue weighted by Gasteiger charge is 2.27. The molecular weight excluding hydrogens is 456 g/mol. The van der Waals surface area contributed by atoms with Crippen LogP contribution in [0.15, 0.2) is 77.7 Å². The van der Waals surface area contributed by atoms with Crippen LogP contribution in [0.3, 0.4) is 0 Å². The van der Waals surface area contributed by atoms with Gasteiger partial charge in [0.15, 0.2) is 11.5 Å². The number of carbonyl (C=O) groups is 1. The van der Waals surface area contributed by atoms with Gasteiger partial charge in [-0.15, -0.1) is 0 Å². The fourth-order valence-corrected chi connectivity index (χ4v) is 4.56. The lowest BCUT2D eigenvalue weighted by molar-refractivity contribution is -0.117. The summed E-state index contributed by atoms with van der Waals surface area (Å²) in [7, 11) is -1.19. The zero-order valence-corrected chi connectivity index (χ0v) is 20.1. The summed E-state index contributed by atoms with van der Waals surface area (Å²) in [6, 6.07) is 19.3. The lowest BCUT2D eigenvalue weighted by Crippen LogP contribution is -2.45. The molecule has 3 aromatic carbocycles. The molecule has 0 aliphatic heterocycles. The normalized spacial score (nSPS) is 12.0. The van der Waals surface area contributed by atoms with Crippen molar-refractivity contribution in [1.82, 2.24) is 4.72 Å². The Morgan fingerprint density at radius 3 is 2.24 bits per heavy atom. The first-order valence-corrected chi connectivity index (χ1v) is 12.2. The quantitative estimate of drug-likeness (QED) is 0.431. The molecule has 0 aliphatic carbocycles. The average molecular weight is 485 g/mol. The lowest BCUT2D eigenvalue weighted by Gasteiger charge is -2.20. The van der Waals surface area contributed by atoms with E-state index in [1.54, 1.807) is 24.3 Å². The highest BCUT2D eigenvalue weighted by atomic mass is 32.2. The van der Waals surface area contributed by atoms with Crippen molar-refractivity contribution in [3.05, 3.63) is 78.4 Å². The summed E-state index contributed by atoms with van der Waals surface area (Å²) in [5, 5.41) is 2.79. The Morgan fingerprint density at radius 2 is 1.56 bits per heavy atom. The highest BCUT2D eigenvalue weighted by molar-refractivity contribution is 7.89. The molecule has 34 heavy (non-hydrogen) atoms. The van der Waals surface area contributed by atoms with Crippen molar-refractivity contribution in [3.8, 4) is 17.2 Å². The summed E-state index contributed by atoms with van der Waals surface area (Å²) in [6.07, 6.45) is 0.149. The number of sulfonamides is 1. The van der Waals surface area contributed by atoms with Gasteiger partial charge in [-0.25, -0.2) is 8.42 Å². The molecule has 8 nitrogen and oxygen atoms in total. The molecule has 0 saturated heterocycles. The zero-order valence-electron chi connectivity index (χ0n) is 19.3. The predicted octanol–water partition coefficient (Wildman–Crippen LogP) is 3.63. The van der Waals surface area contributed by atoms with E-state index in [4.69, 9.17) is 14.2 Å². The number of anilines is 1. The first kappa shape index (κ1) is 25.1. The van der Waals surface area contributed by atoms with Crippen molar-refractivity contribution in [2.75, 3.05) is 26.1 Å². The standard InChI is InChI=1S/C25H28N2O6S/c1-4-33-22-13-9-8-12-20(22)26-25(28)21(16-18-10-6-5-7-11-18)27-34(29,30)19-14-15-23(31-2)24(17-19)32-3/h5-15,17,21,27H,4,16H2,1-3H3,(H,26,28)/t21-/m1/s1. The number of nitrogens with one attached hydrogen (secondary N) is 2. The molecule has 2 N–H and O–H groups in total. The van der Waals surface area contributed by atoms with Crippen molar-refractivity contribution in [2.24, 2.45) is 0 Å². The van der Waals surface area contributed by atoms with Gasteiger partial charge in [0, 0.05) is 6.07 Å². The number of hydrogen-bond donors (Lipinski definition) is 2. The van der Waals surface area contributed by atoms with Gasteiger partial charge in [0.1, 0.15) is 11.8 Å². The van der Waals surface area contributed by atoms with E-state index in [1.165, 1.54) is 32.4 Å². The van der Waals surface area contributed by atoms with E-state index >= 15 is 0 Å². The van der Waals surface area contributed by atoms with Gasteiger partial charge >= 0.3 is 0 Å². The molecule has 180 valence electrons. The molecule has 0 saturated carbocycles. The summed E-state index contributed by atoms with van der Waals surface area (Å²) < 4.78 is 45.0. The molecule has 3 aromatic rings. The van der Waals surface area contributed by atoms with Crippen LogP contribution in [0.4, 0.5) is 5.69 Å². The Labute approximate surface area is 199 Å². The summed E-state index contributed by atoms with van der Waals surface area (Å²) in [4.78, 5) is 13.2. The van der Waals surface area contributed by atoms with E-state index in [0.717, 1.165) is 5.56 Å². The predicted molar refractivity (Wildman–Crippen MR) is 130 cm³/mol. The van der Waals surface area contributed by atoms with Crippen LogP contribution >= 0.6 is 0 Å². The van der Waals surface area contributed by atoms with E-state index in [9.17, 15) is 13.2 Å². The molecule has 0 bridgehead atoms. The van der Waals surface area contributed by atoms with Crippen molar-refractivity contribution < 1.29 is 27.4 Å². The van der Waals surface area contributed by atoms with E-state index < -0.39 is 22.0 Å². The number of carbonyl (C=O) groups excluding carboxylic acids is 1. The lowest BCUT2D eigenvalue weighted by atomic mass is 10.1. The minimum Gasteiger partial charge on any atom is -0.493 e. The van der Waals surface area contributed by atoms with Crippen LogP contribution in [-0.4, -0.2) is 41.2 Å². The maximum absolute atomic E-state index is 13.3. The summed E-state index contributed by atoms with van der Waals surface area (Å²) in [5.74, 6) is 0.646. The minimum absolute atomic E-state index is 0.0503. The number of hydrogen-bond acceptors (Lipinski definition) is 6. The number of benzene rings is 3. The topological polar surface area (TPSA) is 103 Å². The zero-order chi connectivity index (χ0) is 24.6. The Balaban J connectivity index is 1.91. The van der Waals surface area contributed by atoms with Gasteiger partial charge in [-0.3, -0.25) is 4.79 Å². The molecule has 0 aromatic heterocycles. The van der Waals surface area contributed by atoms with E-state index in [2.05, 4.69) is 10.0 Å². The Morgan fingerprint density at radius 1 is 0.882 bits per heavy atom. The van der Waals surface area contributed by atoms with Gasteiger partial charge in [-0.2, -0.15) is 4.72 Å². The number of amides is 1. The van der Waals surface area contributed by atoms with Gasteiger partial charge in [0.05, 0.1) is 31.4 Å². The molecule has 1 amide bonds. The molecule has 0 fully saturated rings. The third-order valence-electron chi connectivity index (χ3n) is 5.01. The Kier molecular flexibility index (Phi) is 8.50. The number of para-hydroxylation sites is 2. The molecule has 3 rings (SSSR count). The van der Waals surface area contributed by atoms with Crippen LogP contribution in [0.1, 0.15) is 12.5 Å². The van der Waals surface area contributed by atoms with Crippen molar-refractivity contribution in [1.29, 1.82) is 0 Å². The summed E-state index contributed by atoms with van der Waals surface area (Å²) >= 11 is 0. The Bertz CT molecular complexity index is 1220. The number of methoxy groups -OCH3 is 2. The van der Waals surface area contributed by atoms with Crippen molar-refractivity contribution >= 4 is 21.6 Å². The molecular formula is C25H28N2O6S. The van der Waals surface area contributed by atoms with Gasteiger partial charge in [-0.1, -0.05) is 42.5 Å². The fraction of sp³-hybridized carbons (Fsp3) is 0.240. The maximum atomic E-state index is 13.3. The third kappa shape index (κ3) is 6.27.